The summed E-state index contributed by atoms with van der Waals surface area (Å²) >= 11 is 0. The number of ether oxygens (including phenoxy) is 9. The van der Waals surface area contributed by atoms with Crippen LogP contribution in [-0.2, 0) is 85.8 Å². The maximum absolute atomic E-state index is 13.8. The Morgan fingerprint density at radius 1 is 0.383 bits per heavy atom. The third-order valence-electron chi connectivity index (χ3n) is 5.77. The molecule has 18 heteroatoms. The summed E-state index contributed by atoms with van der Waals surface area (Å²) in [6.07, 6.45) is -2.45. The fraction of sp³-hybridized carbons (Fsp3) is 0.690. The highest BCUT2D eigenvalue weighted by atomic mass is 16.6. The number of hydrogen-bond acceptors (Lipinski definition) is 18. The lowest BCUT2D eigenvalue weighted by Gasteiger charge is -2.32. The maximum Gasteiger partial charge on any atom is 0.344 e. The van der Waals surface area contributed by atoms with Gasteiger partial charge in [-0.3, -0.25) is 28.8 Å². The lowest BCUT2D eigenvalue weighted by Crippen LogP contribution is -2.50. The second kappa shape index (κ2) is 22.7. The average molecular weight is 679 g/mol. The van der Waals surface area contributed by atoms with Crippen molar-refractivity contribution in [3.05, 3.63) is 0 Å². The molecule has 2 atom stereocenters. The summed E-state index contributed by atoms with van der Waals surface area (Å²) in [4.78, 5) is 115. The number of rotatable bonds is 22. The van der Waals surface area contributed by atoms with Crippen molar-refractivity contribution in [2.24, 2.45) is 17.3 Å². The summed E-state index contributed by atoms with van der Waals surface area (Å²) in [5.41, 5.74) is -2.93. The number of carbonyl (C=O) groups excluding carboxylic acids is 9. The molecule has 0 heterocycles. The van der Waals surface area contributed by atoms with Crippen molar-refractivity contribution in [3.8, 4) is 0 Å². The van der Waals surface area contributed by atoms with E-state index < -0.39 is 110 Å². The fourth-order valence-corrected chi connectivity index (χ4v) is 3.81. The molecule has 0 aliphatic rings. The minimum atomic E-state index is -2.93. The summed E-state index contributed by atoms with van der Waals surface area (Å²) in [6, 6.07) is 0. The highest BCUT2D eigenvalue weighted by Crippen LogP contribution is 2.39. The molecular weight excluding hydrogens is 636 g/mol. The number of carbonyl (C=O) groups is 9. The Morgan fingerprint density at radius 3 is 0.979 bits per heavy atom. The standard InChI is InChI=1S/C29H42O18/c1-7-39-20(30)15-45-25(35)18(23(33)42-10-4)13-29(27(37)44-12-6,28(38)47-17-22(32)41-9-3)14-19(24(34)43-11-5)26(36)46-16-21(31)40-8-2/h18-19H,7-17H2,1-6H3. The van der Waals surface area contributed by atoms with Crippen LogP contribution in [0.25, 0.3) is 0 Å². The van der Waals surface area contributed by atoms with Crippen LogP contribution in [0.5, 0.6) is 0 Å². The highest BCUT2D eigenvalue weighted by molar-refractivity contribution is 6.05. The molecule has 0 aromatic carbocycles. The molecule has 0 spiro atoms. The van der Waals surface area contributed by atoms with E-state index in [4.69, 9.17) is 33.2 Å². The molecule has 0 aliphatic heterocycles. The van der Waals surface area contributed by atoms with Gasteiger partial charge in [0.25, 0.3) is 0 Å². The van der Waals surface area contributed by atoms with E-state index in [0.29, 0.717) is 0 Å². The summed E-state index contributed by atoms with van der Waals surface area (Å²) in [6.45, 7) is 4.21. The first-order chi connectivity index (χ1) is 22.3. The van der Waals surface area contributed by atoms with Gasteiger partial charge in [0.15, 0.2) is 37.1 Å². The Bertz CT molecular complexity index is 1050. The van der Waals surface area contributed by atoms with Gasteiger partial charge in [0, 0.05) is 0 Å². The Morgan fingerprint density at radius 2 is 0.660 bits per heavy atom. The molecule has 0 aliphatic carbocycles. The molecule has 0 rings (SSSR count). The van der Waals surface area contributed by atoms with Gasteiger partial charge < -0.3 is 42.6 Å². The van der Waals surface area contributed by atoms with Crippen molar-refractivity contribution in [1.82, 2.24) is 0 Å². The van der Waals surface area contributed by atoms with Gasteiger partial charge in [-0.1, -0.05) is 0 Å². The van der Waals surface area contributed by atoms with E-state index in [-0.39, 0.29) is 33.0 Å². The normalized spacial score (nSPS) is 12.9. The van der Waals surface area contributed by atoms with Gasteiger partial charge in [-0.2, -0.15) is 0 Å². The predicted octanol–water partition coefficient (Wildman–Crippen LogP) is -0.00640. The minimum absolute atomic E-state index is 0.0719. The lowest BCUT2D eigenvalue weighted by atomic mass is 9.72. The van der Waals surface area contributed by atoms with Crippen molar-refractivity contribution >= 4 is 53.7 Å². The summed E-state index contributed by atoms with van der Waals surface area (Å²) in [5, 5.41) is 0. The first-order valence-electron chi connectivity index (χ1n) is 14.8. The van der Waals surface area contributed by atoms with E-state index in [1.807, 2.05) is 0 Å². The van der Waals surface area contributed by atoms with E-state index in [1.165, 1.54) is 41.5 Å². The highest BCUT2D eigenvalue weighted by Gasteiger charge is 2.57. The Balaban J connectivity index is 7.18. The molecule has 0 radical (unpaired) electrons. The summed E-state index contributed by atoms with van der Waals surface area (Å²) in [7, 11) is 0. The van der Waals surface area contributed by atoms with Gasteiger partial charge in [-0.05, 0) is 54.4 Å². The first-order valence-corrected chi connectivity index (χ1v) is 14.8. The second-order valence-corrected chi connectivity index (χ2v) is 9.03. The van der Waals surface area contributed by atoms with Gasteiger partial charge >= 0.3 is 53.7 Å². The second-order valence-electron chi connectivity index (χ2n) is 9.03. The average Bonchev–Trinajstić information content (AvgIpc) is 3.02. The monoisotopic (exact) mass is 678 g/mol. The quantitative estimate of drug-likeness (QED) is 0.0831. The third-order valence-corrected chi connectivity index (χ3v) is 5.77. The van der Waals surface area contributed by atoms with Crippen molar-refractivity contribution < 1.29 is 85.8 Å². The zero-order chi connectivity index (χ0) is 36.0. The lowest BCUT2D eigenvalue weighted by molar-refractivity contribution is -0.184. The third kappa shape index (κ3) is 14.5. The Labute approximate surface area is 270 Å². The fourth-order valence-electron chi connectivity index (χ4n) is 3.81. The molecule has 266 valence electrons. The molecule has 0 fully saturated rings. The van der Waals surface area contributed by atoms with E-state index >= 15 is 0 Å². The van der Waals surface area contributed by atoms with E-state index in [9.17, 15) is 43.2 Å². The van der Waals surface area contributed by atoms with Gasteiger partial charge in [0.05, 0.1) is 39.6 Å². The van der Waals surface area contributed by atoms with E-state index in [0.717, 1.165) is 0 Å². The predicted molar refractivity (Wildman–Crippen MR) is 151 cm³/mol. The molecule has 18 nitrogen and oxygen atoms in total. The van der Waals surface area contributed by atoms with Crippen LogP contribution in [0.2, 0.25) is 0 Å². The van der Waals surface area contributed by atoms with Crippen LogP contribution in [0.1, 0.15) is 54.4 Å². The Kier molecular flexibility index (Phi) is 20.4. The van der Waals surface area contributed by atoms with E-state index in [1.54, 1.807) is 0 Å². The van der Waals surface area contributed by atoms with Crippen LogP contribution in [0.3, 0.4) is 0 Å². The van der Waals surface area contributed by atoms with Crippen LogP contribution in [0.4, 0.5) is 0 Å². The smallest absolute Gasteiger partial charge is 0.344 e. The zero-order valence-corrected chi connectivity index (χ0v) is 27.3. The molecule has 0 saturated carbocycles. The van der Waals surface area contributed by atoms with Crippen molar-refractivity contribution in [2.75, 3.05) is 59.5 Å². The van der Waals surface area contributed by atoms with Crippen molar-refractivity contribution in [2.45, 2.75) is 54.4 Å². The summed E-state index contributed by atoms with van der Waals surface area (Å²) in [5.74, 6) is -16.2. The van der Waals surface area contributed by atoms with Crippen LogP contribution in [0.15, 0.2) is 0 Å². The minimum Gasteiger partial charge on any atom is -0.465 e. The van der Waals surface area contributed by atoms with E-state index in [2.05, 4.69) is 9.47 Å². The van der Waals surface area contributed by atoms with Crippen LogP contribution >= 0.6 is 0 Å². The number of esters is 9. The molecular formula is C29H42O18. The largest absolute Gasteiger partial charge is 0.465 e. The first kappa shape index (κ1) is 42.2. The molecule has 0 amide bonds. The molecule has 47 heavy (non-hydrogen) atoms. The van der Waals surface area contributed by atoms with Gasteiger partial charge in [0.1, 0.15) is 0 Å². The SMILES string of the molecule is CCOC(=O)COC(=O)C(CC(CC(C(=O)OCC)C(=O)OCC(=O)OCC)(C(=O)OCC)C(=O)OCC(=O)OCC)C(=O)OCC. The Hall–Kier alpha value is -4.77. The summed E-state index contributed by atoms with van der Waals surface area (Å²) < 4.78 is 43.8. The number of hydrogen-bond donors (Lipinski definition) is 0. The van der Waals surface area contributed by atoms with Gasteiger partial charge in [-0.15, -0.1) is 0 Å². The van der Waals surface area contributed by atoms with Gasteiger partial charge in [0.2, 0.25) is 0 Å². The molecule has 0 aromatic rings. The molecule has 0 bridgehead atoms. The topological polar surface area (TPSA) is 237 Å². The molecule has 0 saturated heterocycles. The molecule has 0 N–H and O–H groups in total. The van der Waals surface area contributed by atoms with Crippen molar-refractivity contribution in [3.63, 3.8) is 0 Å². The van der Waals surface area contributed by atoms with Crippen molar-refractivity contribution in [1.29, 1.82) is 0 Å². The van der Waals surface area contributed by atoms with Crippen LogP contribution in [-0.4, -0.2) is 113 Å². The molecule has 0 aromatic heterocycles. The van der Waals surface area contributed by atoms with Crippen LogP contribution in [0, 0.1) is 17.3 Å². The van der Waals surface area contributed by atoms with Crippen LogP contribution < -0.4 is 0 Å². The maximum atomic E-state index is 13.8. The van der Waals surface area contributed by atoms with Gasteiger partial charge in [-0.25, -0.2) is 14.4 Å². The molecule has 2 unspecified atom stereocenters. The zero-order valence-electron chi connectivity index (χ0n) is 27.3.